The van der Waals surface area contributed by atoms with Crippen molar-refractivity contribution in [2.45, 2.75) is 39.7 Å². The van der Waals surface area contributed by atoms with E-state index in [2.05, 4.69) is 26.2 Å². The van der Waals surface area contributed by atoms with Crippen molar-refractivity contribution in [3.8, 4) is 11.6 Å². The molecule has 2 rings (SSSR count). The van der Waals surface area contributed by atoms with Crippen molar-refractivity contribution in [1.29, 1.82) is 0 Å². The zero-order valence-corrected chi connectivity index (χ0v) is 16.5. The first-order valence-electron chi connectivity index (χ1n) is 8.10. The molecule has 0 unspecified atom stereocenters. The minimum Gasteiger partial charge on any atom is -0.444 e. The van der Waals surface area contributed by atoms with Gasteiger partial charge in [-0.25, -0.2) is 9.78 Å². The van der Waals surface area contributed by atoms with Gasteiger partial charge in [-0.1, -0.05) is 22.0 Å². The lowest BCUT2D eigenvalue weighted by atomic mass is 10.1. The van der Waals surface area contributed by atoms with E-state index in [1.165, 1.54) is 0 Å². The van der Waals surface area contributed by atoms with Gasteiger partial charge in [0, 0.05) is 22.8 Å². The highest BCUT2D eigenvalue weighted by molar-refractivity contribution is 9.10. The number of carbonyl (C=O) groups is 1. The molecule has 1 aromatic carbocycles. The molecular weight excluding hydrogens is 384 g/mol. The van der Waals surface area contributed by atoms with Gasteiger partial charge >= 0.3 is 6.09 Å². The third kappa shape index (κ3) is 6.74. The van der Waals surface area contributed by atoms with E-state index in [4.69, 9.17) is 9.47 Å². The van der Waals surface area contributed by atoms with Gasteiger partial charge in [-0.05, 0) is 63.9 Å². The summed E-state index contributed by atoms with van der Waals surface area (Å²) in [6.07, 6.45) is 0.234. The third-order valence-electron chi connectivity index (χ3n) is 3.16. The van der Waals surface area contributed by atoms with Crippen molar-refractivity contribution in [1.82, 2.24) is 10.3 Å². The van der Waals surface area contributed by atoms with Crippen LogP contribution in [-0.2, 0) is 11.2 Å². The van der Waals surface area contributed by atoms with Gasteiger partial charge in [0.2, 0.25) is 5.88 Å². The molecule has 0 saturated carbocycles. The van der Waals surface area contributed by atoms with Gasteiger partial charge < -0.3 is 14.8 Å². The summed E-state index contributed by atoms with van der Waals surface area (Å²) in [4.78, 5) is 16.0. The number of amides is 1. The summed E-state index contributed by atoms with van der Waals surface area (Å²) in [7, 11) is 0. The topological polar surface area (TPSA) is 60.5 Å². The van der Waals surface area contributed by atoms with Crippen molar-refractivity contribution < 1.29 is 14.3 Å². The molecule has 1 heterocycles. The molecule has 2 aromatic rings. The first-order valence-corrected chi connectivity index (χ1v) is 8.89. The molecule has 0 spiro atoms. The van der Waals surface area contributed by atoms with Crippen LogP contribution in [0.1, 0.15) is 32.0 Å². The number of ether oxygens (including phenoxy) is 2. The smallest absolute Gasteiger partial charge is 0.407 e. The molecular formula is C19H23BrN2O3. The summed E-state index contributed by atoms with van der Waals surface area (Å²) >= 11 is 3.53. The average Bonchev–Trinajstić information content (AvgIpc) is 2.48. The van der Waals surface area contributed by atoms with Crippen LogP contribution < -0.4 is 10.1 Å². The molecule has 1 aromatic heterocycles. The van der Waals surface area contributed by atoms with E-state index < -0.39 is 11.7 Å². The fourth-order valence-corrected chi connectivity index (χ4v) is 2.56. The standard InChI is InChI=1S/C19H23BrN2O3/c1-13-6-5-7-17(22-13)24-15-8-9-16(20)14(12-15)10-11-21-18(23)25-19(2,3)4/h5-9,12H,10-11H2,1-4H3,(H,21,23). The molecule has 0 fully saturated rings. The van der Waals surface area contributed by atoms with Crippen LogP contribution in [-0.4, -0.2) is 23.2 Å². The maximum absolute atomic E-state index is 11.7. The number of carbonyl (C=O) groups excluding carboxylic acids is 1. The second-order valence-corrected chi connectivity index (χ2v) is 7.51. The third-order valence-corrected chi connectivity index (χ3v) is 3.94. The summed E-state index contributed by atoms with van der Waals surface area (Å²) in [5.41, 5.74) is 1.43. The zero-order valence-electron chi connectivity index (χ0n) is 14.9. The Hall–Kier alpha value is -2.08. The van der Waals surface area contributed by atoms with Gasteiger partial charge in [0.15, 0.2) is 0 Å². The van der Waals surface area contributed by atoms with Crippen LogP contribution in [0.2, 0.25) is 0 Å². The van der Waals surface area contributed by atoms with E-state index >= 15 is 0 Å². The number of aryl methyl sites for hydroxylation is 1. The van der Waals surface area contributed by atoms with Gasteiger partial charge in [-0.3, -0.25) is 0 Å². The Morgan fingerprint density at radius 2 is 2.00 bits per heavy atom. The van der Waals surface area contributed by atoms with Gasteiger partial charge in [-0.15, -0.1) is 0 Å². The number of nitrogens with one attached hydrogen (secondary N) is 1. The summed E-state index contributed by atoms with van der Waals surface area (Å²) in [6.45, 7) is 7.90. The average molecular weight is 407 g/mol. The minimum atomic E-state index is -0.501. The molecule has 25 heavy (non-hydrogen) atoms. The second-order valence-electron chi connectivity index (χ2n) is 6.65. The van der Waals surface area contributed by atoms with Crippen LogP contribution in [0, 0.1) is 6.92 Å². The molecule has 0 radical (unpaired) electrons. The Bertz CT molecular complexity index is 742. The predicted molar refractivity (Wildman–Crippen MR) is 101 cm³/mol. The lowest BCUT2D eigenvalue weighted by molar-refractivity contribution is 0.0528. The number of nitrogens with zero attached hydrogens (tertiary/aromatic N) is 1. The molecule has 0 aliphatic rings. The van der Waals surface area contributed by atoms with Crippen molar-refractivity contribution in [3.05, 3.63) is 52.1 Å². The predicted octanol–water partition coefficient (Wildman–Crippen LogP) is 5.01. The van der Waals surface area contributed by atoms with Gasteiger partial charge in [0.05, 0.1) is 0 Å². The highest BCUT2D eigenvalue weighted by Crippen LogP contribution is 2.26. The molecule has 0 atom stereocenters. The summed E-state index contributed by atoms with van der Waals surface area (Å²) in [6, 6.07) is 11.4. The quantitative estimate of drug-likeness (QED) is 0.757. The molecule has 1 N–H and O–H groups in total. The van der Waals surface area contributed by atoms with Crippen LogP contribution in [0.5, 0.6) is 11.6 Å². The van der Waals surface area contributed by atoms with Crippen molar-refractivity contribution >= 4 is 22.0 Å². The molecule has 134 valence electrons. The van der Waals surface area contributed by atoms with Crippen molar-refractivity contribution in [3.63, 3.8) is 0 Å². The highest BCUT2D eigenvalue weighted by Gasteiger charge is 2.15. The molecule has 5 nitrogen and oxygen atoms in total. The first kappa shape index (κ1) is 19.2. The molecule has 0 aliphatic carbocycles. The second kappa shape index (κ2) is 8.34. The number of halogens is 1. The van der Waals surface area contributed by atoms with Crippen molar-refractivity contribution in [2.75, 3.05) is 6.54 Å². The SMILES string of the molecule is Cc1cccc(Oc2ccc(Br)c(CCNC(=O)OC(C)(C)C)c2)n1. The van der Waals surface area contributed by atoms with Gasteiger partial charge in [-0.2, -0.15) is 0 Å². The van der Waals surface area contributed by atoms with E-state index in [0.29, 0.717) is 24.6 Å². The van der Waals surface area contributed by atoms with Crippen LogP contribution in [0.15, 0.2) is 40.9 Å². The zero-order chi connectivity index (χ0) is 18.4. The van der Waals surface area contributed by atoms with Gasteiger partial charge in [0.1, 0.15) is 11.4 Å². The molecule has 0 bridgehead atoms. The number of benzene rings is 1. The normalized spacial score (nSPS) is 11.1. The van der Waals surface area contributed by atoms with Crippen LogP contribution in [0.25, 0.3) is 0 Å². The van der Waals surface area contributed by atoms with E-state index in [0.717, 1.165) is 15.7 Å². The van der Waals surface area contributed by atoms with E-state index in [-0.39, 0.29) is 0 Å². The highest BCUT2D eigenvalue weighted by atomic mass is 79.9. The fourth-order valence-electron chi connectivity index (χ4n) is 2.12. The number of alkyl carbamates (subject to hydrolysis) is 1. The van der Waals surface area contributed by atoms with Crippen LogP contribution in [0.3, 0.4) is 0 Å². The molecule has 1 amide bonds. The Labute approximate surface area is 156 Å². The molecule has 0 aliphatic heterocycles. The molecule has 6 heteroatoms. The lowest BCUT2D eigenvalue weighted by Crippen LogP contribution is -2.33. The summed E-state index contributed by atoms with van der Waals surface area (Å²) in [5.74, 6) is 1.26. The summed E-state index contributed by atoms with van der Waals surface area (Å²) in [5, 5.41) is 2.76. The van der Waals surface area contributed by atoms with E-state index in [9.17, 15) is 4.79 Å². The van der Waals surface area contributed by atoms with Gasteiger partial charge in [0.25, 0.3) is 0 Å². The minimum absolute atomic E-state index is 0.417. The number of rotatable bonds is 5. The van der Waals surface area contributed by atoms with Crippen LogP contribution >= 0.6 is 15.9 Å². The Kier molecular flexibility index (Phi) is 6.42. The maximum Gasteiger partial charge on any atom is 0.407 e. The fraction of sp³-hybridized carbons (Fsp3) is 0.368. The first-order chi connectivity index (χ1) is 11.7. The van der Waals surface area contributed by atoms with E-state index in [1.54, 1.807) is 0 Å². The van der Waals surface area contributed by atoms with Crippen LogP contribution in [0.4, 0.5) is 4.79 Å². The van der Waals surface area contributed by atoms with E-state index in [1.807, 2.05) is 64.1 Å². The monoisotopic (exact) mass is 406 g/mol. The largest absolute Gasteiger partial charge is 0.444 e. The Morgan fingerprint density at radius 1 is 1.24 bits per heavy atom. The number of pyridine rings is 1. The van der Waals surface area contributed by atoms with Crippen molar-refractivity contribution in [2.24, 2.45) is 0 Å². The number of hydrogen-bond donors (Lipinski definition) is 1. The Balaban J connectivity index is 1.96. The Morgan fingerprint density at radius 3 is 2.68 bits per heavy atom. The maximum atomic E-state index is 11.7. The molecule has 0 saturated heterocycles. The lowest BCUT2D eigenvalue weighted by Gasteiger charge is -2.19. The number of hydrogen-bond acceptors (Lipinski definition) is 4. The number of aromatic nitrogens is 1. The summed E-state index contributed by atoms with van der Waals surface area (Å²) < 4.78 is 12.0.